The van der Waals surface area contributed by atoms with Crippen LogP contribution < -0.4 is 9.62 Å². The zero-order valence-corrected chi connectivity index (χ0v) is 23.0. The lowest BCUT2D eigenvalue weighted by Gasteiger charge is -2.32. The molecule has 0 aliphatic rings. The average Bonchev–Trinajstić information content (AvgIpc) is 2.90. The number of hydrogen-bond acceptors (Lipinski definition) is 4. The van der Waals surface area contributed by atoms with Crippen LogP contribution in [0.2, 0.25) is 5.02 Å². The number of nitrogens with zero attached hydrogens (tertiary/aromatic N) is 2. The molecule has 3 rings (SSSR count). The number of carbonyl (C=O) groups excluding carboxylic acids is 2. The maximum atomic E-state index is 14.6. The Morgan fingerprint density at radius 3 is 2.16 bits per heavy atom. The van der Waals surface area contributed by atoms with Gasteiger partial charge in [0.05, 0.1) is 15.6 Å². The number of amides is 2. The Morgan fingerprint density at radius 1 is 0.921 bits per heavy atom. The number of rotatable bonds is 11. The number of hydrogen-bond donors (Lipinski definition) is 1. The molecule has 0 saturated carbocycles. The zero-order valence-electron chi connectivity index (χ0n) is 21.5. The lowest BCUT2D eigenvalue weighted by molar-refractivity contribution is -0.139. The van der Waals surface area contributed by atoms with E-state index in [9.17, 15) is 22.4 Å². The normalized spacial score (nSPS) is 12.2. The number of carbonyl (C=O) groups is 2. The fourth-order valence-corrected chi connectivity index (χ4v) is 5.47. The Labute approximate surface area is 228 Å². The lowest BCUT2D eigenvalue weighted by atomic mass is 10.1. The standard InChI is InChI=1S/C28H31ClFN3O4S/c1-20(2)17-31-28(35)21(3)32(18-22-11-7-9-15-25(22)30)27(34)19-33(26-16-10-8-14-24(26)29)38(36,37)23-12-5-4-6-13-23/h4-16,20-21H,17-19H2,1-3H3,(H,31,35). The van der Waals surface area contributed by atoms with Gasteiger partial charge in [-0.15, -0.1) is 0 Å². The van der Waals surface area contributed by atoms with Crippen molar-refractivity contribution in [3.05, 3.63) is 95.3 Å². The van der Waals surface area contributed by atoms with Gasteiger partial charge in [-0.3, -0.25) is 13.9 Å². The van der Waals surface area contributed by atoms with Crippen molar-refractivity contribution in [2.45, 2.75) is 38.3 Å². The smallest absolute Gasteiger partial charge is 0.264 e. The van der Waals surface area contributed by atoms with Crippen LogP contribution in [0.3, 0.4) is 0 Å². The van der Waals surface area contributed by atoms with Gasteiger partial charge in [-0.2, -0.15) is 0 Å². The molecule has 38 heavy (non-hydrogen) atoms. The number of halogens is 2. The third kappa shape index (κ3) is 7.11. The van der Waals surface area contributed by atoms with Crippen LogP contribution in [0.25, 0.3) is 0 Å². The van der Waals surface area contributed by atoms with Gasteiger partial charge in [0.2, 0.25) is 11.8 Å². The third-order valence-electron chi connectivity index (χ3n) is 5.88. The van der Waals surface area contributed by atoms with Crippen molar-refractivity contribution in [3.8, 4) is 0 Å². The highest BCUT2D eigenvalue weighted by Gasteiger charge is 2.33. The summed E-state index contributed by atoms with van der Waals surface area (Å²) in [5.74, 6) is -1.49. The Bertz CT molecular complexity index is 1370. The van der Waals surface area contributed by atoms with Crippen molar-refractivity contribution in [2.75, 3.05) is 17.4 Å². The van der Waals surface area contributed by atoms with Crippen molar-refractivity contribution >= 4 is 39.1 Å². The summed E-state index contributed by atoms with van der Waals surface area (Å²) >= 11 is 6.37. The first-order valence-electron chi connectivity index (χ1n) is 12.1. The number of benzene rings is 3. The predicted octanol–water partition coefficient (Wildman–Crippen LogP) is 4.86. The van der Waals surface area contributed by atoms with Gasteiger partial charge in [0.25, 0.3) is 10.0 Å². The van der Waals surface area contributed by atoms with Crippen LogP contribution >= 0.6 is 11.6 Å². The van der Waals surface area contributed by atoms with Gasteiger partial charge in [0, 0.05) is 18.7 Å². The molecule has 0 spiro atoms. The first kappa shape index (κ1) is 29.1. The monoisotopic (exact) mass is 559 g/mol. The topological polar surface area (TPSA) is 86.8 Å². The molecule has 0 aromatic heterocycles. The van der Waals surface area contributed by atoms with E-state index in [4.69, 9.17) is 11.6 Å². The van der Waals surface area contributed by atoms with Crippen molar-refractivity contribution in [1.29, 1.82) is 0 Å². The molecule has 0 aliphatic carbocycles. The predicted molar refractivity (Wildman–Crippen MR) is 147 cm³/mol. The largest absolute Gasteiger partial charge is 0.354 e. The van der Waals surface area contributed by atoms with Crippen molar-refractivity contribution < 1.29 is 22.4 Å². The molecular formula is C28H31ClFN3O4S. The maximum absolute atomic E-state index is 14.6. The molecule has 1 unspecified atom stereocenters. The van der Waals surface area contributed by atoms with E-state index in [0.717, 1.165) is 4.31 Å². The van der Waals surface area contributed by atoms with Crippen molar-refractivity contribution in [2.24, 2.45) is 5.92 Å². The Morgan fingerprint density at radius 2 is 1.53 bits per heavy atom. The highest BCUT2D eigenvalue weighted by Crippen LogP contribution is 2.30. The van der Waals surface area contributed by atoms with E-state index in [0.29, 0.717) is 6.54 Å². The van der Waals surface area contributed by atoms with Gasteiger partial charge in [-0.1, -0.05) is 74.0 Å². The molecule has 2 amide bonds. The summed E-state index contributed by atoms with van der Waals surface area (Å²) < 4.78 is 42.9. The molecule has 0 bridgehead atoms. The van der Waals surface area contributed by atoms with Crippen LogP contribution in [0.15, 0.2) is 83.8 Å². The van der Waals surface area contributed by atoms with Crippen LogP contribution in [-0.2, 0) is 26.2 Å². The summed E-state index contributed by atoms with van der Waals surface area (Å²) in [5, 5.41) is 2.92. The maximum Gasteiger partial charge on any atom is 0.264 e. The first-order valence-corrected chi connectivity index (χ1v) is 14.0. The second kappa shape index (κ2) is 12.9. The van der Waals surface area contributed by atoms with E-state index in [1.54, 1.807) is 36.4 Å². The average molecular weight is 560 g/mol. The Hall–Kier alpha value is -3.43. The van der Waals surface area contributed by atoms with Crippen molar-refractivity contribution in [1.82, 2.24) is 10.2 Å². The minimum absolute atomic E-state index is 0.0314. The molecule has 3 aromatic carbocycles. The molecular weight excluding hydrogens is 529 g/mol. The second-order valence-corrected chi connectivity index (χ2v) is 11.5. The van der Waals surface area contributed by atoms with Gasteiger partial charge in [0.1, 0.15) is 18.4 Å². The third-order valence-corrected chi connectivity index (χ3v) is 7.98. The molecule has 202 valence electrons. The van der Waals surface area contributed by atoms with Gasteiger partial charge in [0.15, 0.2) is 0 Å². The highest BCUT2D eigenvalue weighted by atomic mass is 35.5. The van der Waals surface area contributed by atoms with E-state index in [1.807, 2.05) is 13.8 Å². The summed E-state index contributed by atoms with van der Waals surface area (Å²) in [6.45, 7) is 4.89. The van der Waals surface area contributed by atoms with E-state index >= 15 is 0 Å². The fourth-order valence-electron chi connectivity index (χ4n) is 3.73. The molecule has 10 heteroatoms. The molecule has 3 aromatic rings. The number of nitrogens with one attached hydrogen (secondary N) is 1. The summed E-state index contributed by atoms with van der Waals surface area (Å²) in [4.78, 5) is 27.9. The first-order chi connectivity index (χ1) is 18.0. The second-order valence-electron chi connectivity index (χ2n) is 9.20. The fraction of sp³-hybridized carbons (Fsp3) is 0.286. The minimum Gasteiger partial charge on any atom is -0.354 e. The van der Waals surface area contributed by atoms with Gasteiger partial charge in [-0.25, -0.2) is 12.8 Å². The molecule has 1 atom stereocenters. The highest BCUT2D eigenvalue weighted by molar-refractivity contribution is 7.92. The molecule has 1 N–H and O–H groups in total. The van der Waals surface area contributed by atoms with Crippen LogP contribution in [0, 0.1) is 11.7 Å². The quantitative estimate of drug-likeness (QED) is 0.363. The van der Waals surface area contributed by atoms with Crippen LogP contribution in [0.1, 0.15) is 26.3 Å². The number of anilines is 1. The summed E-state index contributed by atoms with van der Waals surface area (Å²) in [6.07, 6.45) is 0. The van der Waals surface area contributed by atoms with E-state index in [2.05, 4.69) is 5.32 Å². The van der Waals surface area contributed by atoms with E-state index in [-0.39, 0.29) is 33.6 Å². The SMILES string of the molecule is CC(C)CNC(=O)C(C)N(Cc1ccccc1F)C(=O)CN(c1ccccc1Cl)S(=O)(=O)c1ccccc1. The number of para-hydroxylation sites is 1. The molecule has 0 saturated heterocycles. The molecule has 0 radical (unpaired) electrons. The lowest BCUT2D eigenvalue weighted by Crippen LogP contribution is -2.51. The molecule has 0 heterocycles. The molecule has 0 aliphatic heterocycles. The minimum atomic E-state index is -4.23. The Kier molecular flexibility index (Phi) is 9.88. The molecule has 0 fully saturated rings. The Balaban J connectivity index is 2.02. The summed E-state index contributed by atoms with van der Waals surface area (Å²) in [6, 6.07) is 18.9. The van der Waals surface area contributed by atoms with Crippen LogP contribution in [-0.4, -0.2) is 44.3 Å². The zero-order chi connectivity index (χ0) is 27.9. The summed E-state index contributed by atoms with van der Waals surface area (Å²) in [5.41, 5.74) is 0.300. The van der Waals surface area contributed by atoms with Gasteiger partial charge >= 0.3 is 0 Å². The molecule has 7 nitrogen and oxygen atoms in total. The van der Waals surface area contributed by atoms with Crippen LogP contribution in [0.4, 0.5) is 10.1 Å². The summed E-state index contributed by atoms with van der Waals surface area (Å²) in [7, 11) is -4.23. The van der Waals surface area contributed by atoms with Crippen molar-refractivity contribution in [3.63, 3.8) is 0 Å². The van der Waals surface area contributed by atoms with Gasteiger partial charge in [-0.05, 0) is 43.2 Å². The van der Waals surface area contributed by atoms with E-state index in [1.165, 1.54) is 54.3 Å². The number of sulfonamides is 1. The van der Waals surface area contributed by atoms with Gasteiger partial charge < -0.3 is 10.2 Å². The van der Waals surface area contributed by atoms with E-state index < -0.39 is 40.2 Å². The van der Waals surface area contributed by atoms with Crippen LogP contribution in [0.5, 0.6) is 0 Å².